The highest BCUT2D eigenvalue weighted by molar-refractivity contribution is 7.22. The summed E-state index contributed by atoms with van der Waals surface area (Å²) in [5.41, 5.74) is 0.938. The van der Waals surface area contributed by atoms with Crippen molar-refractivity contribution in [2.45, 2.75) is 68.3 Å². The Balaban J connectivity index is 1.39. The predicted molar refractivity (Wildman–Crippen MR) is 157 cm³/mol. The molecule has 11 nitrogen and oxygen atoms in total. The van der Waals surface area contributed by atoms with Gasteiger partial charge in [-0.15, -0.1) is 16.4 Å². The van der Waals surface area contributed by atoms with Crippen molar-refractivity contribution in [3.8, 4) is 11.3 Å². The molecule has 16 heteroatoms. The predicted octanol–water partition coefficient (Wildman–Crippen LogP) is 3.64. The molecule has 3 N–H and O–H groups in total. The van der Waals surface area contributed by atoms with Gasteiger partial charge in [-0.1, -0.05) is 29.7 Å². The minimum atomic E-state index is -1.64. The Hall–Kier alpha value is -3.18. The summed E-state index contributed by atoms with van der Waals surface area (Å²) in [7, 11) is 1.31. The molecule has 45 heavy (non-hydrogen) atoms. The van der Waals surface area contributed by atoms with E-state index in [0.717, 1.165) is 34.4 Å². The zero-order chi connectivity index (χ0) is 32.0. The minimum absolute atomic E-state index is 0.0479. The molecule has 1 amide bonds. The maximum absolute atomic E-state index is 14.6. The van der Waals surface area contributed by atoms with Crippen molar-refractivity contribution >= 4 is 44.7 Å². The molecule has 2 aromatic heterocycles. The number of aliphatic hydroxyl groups excluding tert-OH is 3. The van der Waals surface area contributed by atoms with Crippen molar-refractivity contribution in [3.63, 3.8) is 0 Å². The molecule has 3 heterocycles. The molecule has 2 aliphatic rings. The molecule has 1 aliphatic heterocycles. The van der Waals surface area contributed by atoms with E-state index in [1.807, 2.05) is 0 Å². The second-order valence-electron chi connectivity index (χ2n) is 11.0. The first kappa shape index (κ1) is 31.8. The SMILES string of the molecule is COC1C(C(=O)N(c2ccc3nc(Cl)sc3c2)[C@H]2CCCC[C@@H]2O)OC(CO)C(O)C1n1cc(-c2cc(F)c(F)c(F)c2)nn1. The standard InChI is InChI=1S/C29H29ClF3N5O6S/c1-43-26-24(37-11-18(35-36-37)13-8-15(31)23(33)16(32)9-13)25(41)21(12-39)44-27(26)28(42)38(19-4-2-3-5-20(19)40)14-6-7-17-22(10-14)45-29(30)34-17/h6-11,19-21,24-27,39-41H,2-5,12H2,1H3/t19-,20-,21?,24?,25?,26?,27?/m0/s1. The Kier molecular flexibility index (Phi) is 9.12. The molecule has 1 saturated carbocycles. The summed E-state index contributed by atoms with van der Waals surface area (Å²) < 4.78 is 55.4. The molecule has 4 aromatic rings. The average Bonchev–Trinajstić information content (AvgIpc) is 3.66. The van der Waals surface area contributed by atoms with E-state index in [1.165, 1.54) is 29.5 Å². The molecule has 5 unspecified atom stereocenters. The molecule has 6 rings (SSSR count). The molecule has 0 spiro atoms. The molecule has 0 bridgehead atoms. The number of carbonyl (C=O) groups excluding carboxylic acids is 1. The Bertz CT molecular complexity index is 1690. The first-order valence-corrected chi connectivity index (χ1v) is 15.4. The monoisotopic (exact) mass is 667 g/mol. The fourth-order valence-corrected chi connectivity index (χ4v) is 7.23. The topological polar surface area (TPSA) is 143 Å². The Morgan fingerprint density at radius 2 is 1.91 bits per heavy atom. The lowest BCUT2D eigenvalue weighted by Crippen LogP contribution is -2.63. The normalized spacial score (nSPS) is 27.2. The van der Waals surface area contributed by atoms with Gasteiger partial charge in [-0.05, 0) is 43.2 Å². The third-order valence-electron chi connectivity index (χ3n) is 8.37. The Morgan fingerprint density at radius 1 is 1.18 bits per heavy atom. The summed E-state index contributed by atoms with van der Waals surface area (Å²) in [6, 6.07) is 4.89. The van der Waals surface area contributed by atoms with Crippen LogP contribution in [0.4, 0.5) is 18.9 Å². The number of benzene rings is 2. The number of carbonyl (C=O) groups is 1. The summed E-state index contributed by atoms with van der Waals surface area (Å²) in [4.78, 5) is 20.3. The van der Waals surface area contributed by atoms with Crippen molar-refractivity contribution in [1.82, 2.24) is 20.0 Å². The number of amides is 1. The van der Waals surface area contributed by atoms with Crippen LogP contribution in [-0.4, -0.2) is 91.5 Å². The lowest BCUT2D eigenvalue weighted by Gasteiger charge is -2.46. The summed E-state index contributed by atoms with van der Waals surface area (Å²) in [5.74, 6) is -5.07. The summed E-state index contributed by atoms with van der Waals surface area (Å²) >= 11 is 7.36. The highest BCUT2D eigenvalue weighted by atomic mass is 35.5. The van der Waals surface area contributed by atoms with Gasteiger partial charge in [-0.3, -0.25) is 4.79 Å². The van der Waals surface area contributed by atoms with Gasteiger partial charge in [-0.2, -0.15) is 0 Å². The van der Waals surface area contributed by atoms with E-state index in [2.05, 4.69) is 15.3 Å². The number of aromatic nitrogens is 4. The van der Waals surface area contributed by atoms with Crippen molar-refractivity contribution in [1.29, 1.82) is 0 Å². The van der Waals surface area contributed by atoms with E-state index in [0.29, 0.717) is 28.5 Å². The summed E-state index contributed by atoms with van der Waals surface area (Å²) in [6.45, 7) is -0.675. The highest BCUT2D eigenvalue weighted by Gasteiger charge is 2.52. The number of nitrogens with zero attached hydrogens (tertiary/aromatic N) is 5. The van der Waals surface area contributed by atoms with Gasteiger partial charge in [0.25, 0.3) is 5.91 Å². The van der Waals surface area contributed by atoms with Gasteiger partial charge in [0.15, 0.2) is 28.0 Å². The molecular weight excluding hydrogens is 639 g/mol. The number of hydrogen-bond acceptors (Lipinski definition) is 10. The zero-order valence-corrected chi connectivity index (χ0v) is 25.3. The third kappa shape index (κ3) is 5.93. The Labute approximate surface area is 263 Å². The Morgan fingerprint density at radius 3 is 2.60 bits per heavy atom. The zero-order valence-electron chi connectivity index (χ0n) is 23.8. The number of aliphatic hydroxyl groups is 3. The molecule has 2 aromatic carbocycles. The first-order chi connectivity index (χ1) is 21.6. The van der Waals surface area contributed by atoms with Gasteiger partial charge < -0.3 is 29.7 Å². The molecule has 2 fully saturated rings. The van der Waals surface area contributed by atoms with Crippen LogP contribution in [-0.2, 0) is 14.3 Å². The van der Waals surface area contributed by atoms with E-state index in [-0.39, 0.29) is 11.3 Å². The van der Waals surface area contributed by atoms with Crippen LogP contribution in [0.3, 0.4) is 0 Å². The lowest BCUT2D eigenvalue weighted by atomic mass is 9.88. The quantitative estimate of drug-likeness (QED) is 0.252. The van der Waals surface area contributed by atoms with Crippen LogP contribution in [0, 0.1) is 17.5 Å². The van der Waals surface area contributed by atoms with E-state index in [9.17, 15) is 33.3 Å². The van der Waals surface area contributed by atoms with Crippen LogP contribution in [0.15, 0.2) is 36.5 Å². The third-order valence-corrected chi connectivity index (χ3v) is 9.49. The number of fused-ring (bicyclic) bond motifs is 1. The summed E-state index contributed by atoms with van der Waals surface area (Å²) in [6.07, 6.45) is -2.39. The number of anilines is 1. The first-order valence-electron chi connectivity index (χ1n) is 14.2. The van der Waals surface area contributed by atoms with E-state index in [4.69, 9.17) is 21.1 Å². The van der Waals surface area contributed by atoms with E-state index < -0.39 is 72.6 Å². The molecule has 1 aliphatic carbocycles. The van der Waals surface area contributed by atoms with Crippen LogP contribution in [0.2, 0.25) is 4.47 Å². The summed E-state index contributed by atoms with van der Waals surface area (Å²) in [5, 5.41) is 40.4. The molecule has 7 atom stereocenters. The van der Waals surface area contributed by atoms with Crippen LogP contribution in [0.25, 0.3) is 21.5 Å². The number of methoxy groups -OCH3 is 1. The minimum Gasteiger partial charge on any atom is -0.394 e. The average molecular weight is 668 g/mol. The van der Waals surface area contributed by atoms with Crippen molar-refractivity contribution in [2.24, 2.45) is 0 Å². The maximum Gasteiger partial charge on any atom is 0.259 e. The number of thiazole rings is 1. The number of rotatable bonds is 7. The fraction of sp³-hybridized carbons (Fsp3) is 0.448. The number of halogens is 4. The lowest BCUT2D eigenvalue weighted by molar-refractivity contribution is -0.211. The van der Waals surface area contributed by atoms with Gasteiger partial charge in [0.05, 0.1) is 35.2 Å². The van der Waals surface area contributed by atoms with Gasteiger partial charge in [-0.25, -0.2) is 22.8 Å². The van der Waals surface area contributed by atoms with E-state index >= 15 is 0 Å². The maximum atomic E-state index is 14.6. The number of ether oxygens (including phenoxy) is 2. The van der Waals surface area contributed by atoms with E-state index in [1.54, 1.807) is 18.2 Å². The fourth-order valence-electron chi connectivity index (χ4n) is 6.16. The van der Waals surface area contributed by atoms with Gasteiger partial charge in [0, 0.05) is 18.4 Å². The molecule has 240 valence electrons. The molecule has 0 radical (unpaired) electrons. The molecular formula is C29H29ClF3N5O6S. The second-order valence-corrected chi connectivity index (χ2v) is 12.7. The number of hydrogen-bond donors (Lipinski definition) is 3. The van der Waals surface area contributed by atoms with Gasteiger partial charge in [0.2, 0.25) is 0 Å². The second kappa shape index (κ2) is 12.9. The van der Waals surface area contributed by atoms with Crippen LogP contribution in [0.5, 0.6) is 0 Å². The van der Waals surface area contributed by atoms with Gasteiger partial charge in [0.1, 0.15) is 30.0 Å². The largest absolute Gasteiger partial charge is 0.394 e. The van der Waals surface area contributed by atoms with Crippen LogP contribution in [0.1, 0.15) is 31.7 Å². The van der Waals surface area contributed by atoms with Crippen molar-refractivity contribution in [2.75, 3.05) is 18.6 Å². The van der Waals surface area contributed by atoms with Crippen molar-refractivity contribution < 1.29 is 42.8 Å². The van der Waals surface area contributed by atoms with Gasteiger partial charge >= 0.3 is 0 Å². The van der Waals surface area contributed by atoms with Crippen LogP contribution >= 0.6 is 22.9 Å². The molecule has 1 saturated heterocycles. The highest BCUT2D eigenvalue weighted by Crippen LogP contribution is 2.38. The van der Waals surface area contributed by atoms with Crippen molar-refractivity contribution in [3.05, 3.63) is 58.4 Å². The van der Waals surface area contributed by atoms with Crippen LogP contribution < -0.4 is 4.90 Å². The smallest absolute Gasteiger partial charge is 0.259 e.